The fraction of sp³-hybridized carbons (Fsp3) is 0.208. The van der Waals surface area contributed by atoms with E-state index in [1.807, 2.05) is 88.6 Å². The van der Waals surface area contributed by atoms with E-state index in [4.69, 9.17) is 0 Å². The molecule has 0 unspecified atom stereocenters. The molecule has 0 saturated heterocycles. The van der Waals surface area contributed by atoms with Gasteiger partial charge in [0.15, 0.2) is 0 Å². The minimum Gasteiger partial charge on any atom is -0.272 e. The number of carbonyl (C=O) groups is 1. The number of hydrogen-bond acceptors (Lipinski definition) is 2. The van der Waals surface area contributed by atoms with Crippen molar-refractivity contribution in [3.05, 3.63) is 89.7 Å². The number of hydrazine groups is 1. The molecule has 1 atom stereocenters. The quantitative estimate of drug-likeness (QED) is 0.556. The first-order valence-electron chi connectivity index (χ1n) is 9.32. The number of benzene rings is 3. The summed E-state index contributed by atoms with van der Waals surface area (Å²) in [6.45, 7) is 3.78. The van der Waals surface area contributed by atoms with Crippen molar-refractivity contribution in [1.82, 2.24) is 5.01 Å². The molecule has 1 amide bonds. The Morgan fingerprint density at radius 2 is 1.57 bits per heavy atom. The van der Waals surface area contributed by atoms with Gasteiger partial charge in [-0.3, -0.25) is 4.79 Å². The SMILES string of the molecule is Cc1ccccc1N(C(=O)[C@H](C)c1ccc(-c2ccccc2)c(F)c1)N(C)C. The van der Waals surface area contributed by atoms with Crippen molar-refractivity contribution in [3.63, 3.8) is 0 Å². The number of aryl methyl sites for hydroxylation is 1. The fourth-order valence-electron chi connectivity index (χ4n) is 3.31. The average molecular weight is 376 g/mol. The molecule has 0 aliphatic heterocycles. The van der Waals surface area contributed by atoms with Crippen LogP contribution in [0.4, 0.5) is 10.1 Å². The maximum atomic E-state index is 14.8. The van der Waals surface area contributed by atoms with Crippen LogP contribution >= 0.6 is 0 Å². The van der Waals surface area contributed by atoms with Crippen LogP contribution in [-0.4, -0.2) is 25.0 Å². The summed E-state index contributed by atoms with van der Waals surface area (Å²) in [6.07, 6.45) is 0. The number of nitrogens with zero attached hydrogens (tertiary/aromatic N) is 2. The molecule has 3 rings (SSSR count). The summed E-state index contributed by atoms with van der Waals surface area (Å²) in [5.74, 6) is -0.914. The van der Waals surface area contributed by atoms with E-state index in [1.54, 1.807) is 16.1 Å². The molecule has 0 fully saturated rings. The summed E-state index contributed by atoms with van der Waals surface area (Å²) in [6, 6.07) is 22.2. The highest BCUT2D eigenvalue weighted by Gasteiger charge is 2.26. The van der Waals surface area contributed by atoms with Gasteiger partial charge in [0.1, 0.15) is 5.82 Å². The third kappa shape index (κ3) is 3.97. The molecule has 144 valence electrons. The molecule has 3 aromatic carbocycles. The summed E-state index contributed by atoms with van der Waals surface area (Å²) in [5, 5.41) is 3.40. The molecule has 0 aliphatic carbocycles. The zero-order valence-electron chi connectivity index (χ0n) is 16.7. The first-order chi connectivity index (χ1) is 13.4. The van der Waals surface area contributed by atoms with Gasteiger partial charge in [-0.15, -0.1) is 0 Å². The second-order valence-corrected chi connectivity index (χ2v) is 7.11. The van der Waals surface area contributed by atoms with Gasteiger partial charge in [-0.05, 0) is 42.7 Å². The Balaban J connectivity index is 1.92. The summed E-state index contributed by atoms with van der Waals surface area (Å²) >= 11 is 0. The van der Waals surface area contributed by atoms with E-state index in [1.165, 1.54) is 6.07 Å². The Morgan fingerprint density at radius 3 is 2.18 bits per heavy atom. The highest BCUT2D eigenvalue weighted by Crippen LogP contribution is 2.29. The third-order valence-electron chi connectivity index (χ3n) is 4.90. The fourth-order valence-corrected chi connectivity index (χ4v) is 3.31. The molecule has 4 heteroatoms. The standard InChI is InChI=1S/C24H25FN2O/c1-17-10-8-9-13-23(17)27(26(3)4)24(28)18(2)20-14-15-21(22(25)16-20)19-11-6-5-7-12-19/h5-16,18H,1-4H3/t18-/m1/s1. The van der Waals surface area contributed by atoms with E-state index >= 15 is 0 Å². The summed E-state index contributed by atoms with van der Waals surface area (Å²) in [7, 11) is 3.66. The lowest BCUT2D eigenvalue weighted by atomic mass is 9.96. The molecule has 0 heterocycles. The number of hydrogen-bond donors (Lipinski definition) is 0. The van der Waals surface area contributed by atoms with Crippen LogP contribution in [0.15, 0.2) is 72.8 Å². The minimum atomic E-state index is -0.485. The molecule has 0 spiro atoms. The van der Waals surface area contributed by atoms with Crippen LogP contribution in [0.2, 0.25) is 0 Å². The van der Waals surface area contributed by atoms with Gasteiger partial charge in [-0.1, -0.05) is 60.7 Å². The van der Waals surface area contributed by atoms with Gasteiger partial charge in [-0.25, -0.2) is 14.4 Å². The second kappa shape index (κ2) is 8.36. The van der Waals surface area contributed by atoms with Crippen LogP contribution in [-0.2, 0) is 4.79 Å². The summed E-state index contributed by atoms with van der Waals surface area (Å²) < 4.78 is 14.8. The molecule has 0 aliphatic rings. The van der Waals surface area contributed by atoms with Crippen molar-refractivity contribution in [2.24, 2.45) is 0 Å². The molecular weight excluding hydrogens is 351 g/mol. The predicted octanol–water partition coefficient (Wildman–Crippen LogP) is 5.41. The number of anilines is 1. The lowest BCUT2D eigenvalue weighted by Crippen LogP contribution is -2.44. The van der Waals surface area contributed by atoms with Crippen LogP contribution in [0.5, 0.6) is 0 Å². The molecule has 3 nitrogen and oxygen atoms in total. The Hall–Kier alpha value is -2.98. The van der Waals surface area contributed by atoms with Crippen molar-refractivity contribution in [2.45, 2.75) is 19.8 Å². The van der Waals surface area contributed by atoms with Crippen molar-refractivity contribution in [2.75, 3.05) is 19.1 Å². The van der Waals surface area contributed by atoms with Gasteiger partial charge in [-0.2, -0.15) is 0 Å². The van der Waals surface area contributed by atoms with E-state index < -0.39 is 5.92 Å². The number of carbonyl (C=O) groups excluding carboxylic acids is 1. The normalized spacial score (nSPS) is 12.1. The number of rotatable bonds is 5. The number of amides is 1. The maximum Gasteiger partial charge on any atom is 0.248 e. The van der Waals surface area contributed by atoms with Crippen molar-refractivity contribution >= 4 is 11.6 Å². The van der Waals surface area contributed by atoms with E-state index in [-0.39, 0.29) is 11.7 Å². The first-order valence-corrected chi connectivity index (χ1v) is 9.32. The Kier molecular flexibility index (Phi) is 5.90. The van der Waals surface area contributed by atoms with Gasteiger partial charge in [0, 0.05) is 19.7 Å². The lowest BCUT2D eigenvalue weighted by Gasteiger charge is -2.32. The Labute approximate surface area is 166 Å². The van der Waals surface area contributed by atoms with E-state index in [0.717, 1.165) is 16.8 Å². The topological polar surface area (TPSA) is 23.6 Å². The van der Waals surface area contributed by atoms with Gasteiger partial charge in [0.05, 0.1) is 11.6 Å². The van der Waals surface area contributed by atoms with Crippen LogP contribution in [0.1, 0.15) is 24.0 Å². The molecule has 3 aromatic rings. The molecule has 0 aromatic heterocycles. The van der Waals surface area contributed by atoms with Crippen LogP contribution in [0, 0.1) is 12.7 Å². The number of para-hydroxylation sites is 1. The highest BCUT2D eigenvalue weighted by molar-refractivity contribution is 5.97. The van der Waals surface area contributed by atoms with Gasteiger partial charge in [0.2, 0.25) is 5.91 Å². The van der Waals surface area contributed by atoms with Crippen LogP contribution < -0.4 is 5.01 Å². The minimum absolute atomic E-state index is 0.105. The molecule has 0 bridgehead atoms. The van der Waals surface area contributed by atoms with Gasteiger partial charge < -0.3 is 0 Å². The zero-order chi connectivity index (χ0) is 20.3. The largest absolute Gasteiger partial charge is 0.272 e. The highest BCUT2D eigenvalue weighted by atomic mass is 19.1. The van der Waals surface area contributed by atoms with Gasteiger partial charge >= 0.3 is 0 Å². The first kappa shape index (κ1) is 19.8. The zero-order valence-corrected chi connectivity index (χ0v) is 16.7. The maximum absolute atomic E-state index is 14.8. The summed E-state index contributed by atoms with van der Waals surface area (Å²) in [4.78, 5) is 13.3. The Morgan fingerprint density at radius 1 is 0.929 bits per heavy atom. The monoisotopic (exact) mass is 376 g/mol. The van der Waals surface area contributed by atoms with E-state index in [0.29, 0.717) is 11.1 Å². The van der Waals surface area contributed by atoms with Crippen molar-refractivity contribution in [3.8, 4) is 11.1 Å². The van der Waals surface area contributed by atoms with E-state index in [9.17, 15) is 9.18 Å². The molecule has 0 radical (unpaired) electrons. The summed E-state index contributed by atoms with van der Waals surface area (Å²) in [5.41, 5.74) is 3.84. The molecular formula is C24H25FN2O. The van der Waals surface area contributed by atoms with Crippen LogP contribution in [0.3, 0.4) is 0 Å². The van der Waals surface area contributed by atoms with Crippen molar-refractivity contribution in [1.29, 1.82) is 0 Å². The Bertz CT molecular complexity index is 969. The second-order valence-electron chi connectivity index (χ2n) is 7.11. The average Bonchev–Trinajstić information content (AvgIpc) is 2.69. The molecule has 0 N–H and O–H groups in total. The predicted molar refractivity (Wildman–Crippen MR) is 113 cm³/mol. The lowest BCUT2D eigenvalue weighted by molar-refractivity contribution is -0.122. The van der Waals surface area contributed by atoms with Crippen LogP contribution in [0.25, 0.3) is 11.1 Å². The smallest absolute Gasteiger partial charge is 0.248 e. The van der Waals surface area contributed by atoms with Crippen molar-refractivity contribution < 1.29 is 9.18 Å². The molecule has 0 saturated carbocycles. The molecule has 28 heavy (non-hydrogen) atoms. The van der Waals surface area contributed by atoms with E-state index in [2.05, 4.69) is 0 Å². The van der Waals surface area contributed by atoms with Gasteiger partial charge in [0.25, 0.3) is 0 Å². The third-order valence-corrected chi connectivity index (χ3v) is 4.90. The number of halogens is 1.